The molecular weight excluding hydrogens is 497 g/mol. The Labute approximate surface area is 227 Å². The lowest BCUT2D eigenvalue weighted by molar-refractivity contribution is -0.124. The molecule has 1 atom stereocenters. The van der Waals surface area contributed by atoms with Gasteiger partial charge in [-0.15, -0.1) is 5.10 Å². The second-order valence-electron chi connectivity index (χ2n) is 10.9. The molecule has 5 N–H and O–H groups in total. The van der Waals surface area contributed by atoms with Gasteiger partial charge in [0.05, 0.1) is 35.5 Å². The minimum Gasteiger partial charge on any atom is -0.379 e. The summed E-state index contributed by atoms with van der Waals surface area (Å²) >= 11 is 0. The molecule has 3 aromatic rings. The number of nitrogens with one attached hydrogen (secondary N) is 5. The van der Waals surface area contributed by atoms with Crippen LogP contribution in [0, 0.1) is 5.82 Å². The lowest BCUT2D eigenvalue weighted by atomic mass is 9.90. The van der Waals surface area contributed by atoms with Gasteiger partial charge in [-0.2, -0.15) is 0 Å². The lowest BCUT2D eigenvalue weighted by Gasteiger charge is -2.32. The van der Waals surface area contributed by atoms with E-state index in [9.17, 15) is 9.18 Å². The van der Waals surface area contributed by atoms with E-state index >= 15 is 0 Å². The number of carbonyl (C=O) groups excluding carboxylic acids is 1. The average Bonchev–Trinajstić information content (AvgIpc) is 3.66. The molecule has 0 bridgehead atoms. The number of amides is 1. The molecule has 4 heterocycles. The summed E-state index contributed by atoms with van der Waals surface area (Å²) < 4.78 is 15.9. The van der Waals surface area contributed by atoms with E-state index in [1.165, 1.54) is 6.20 Å². The number of hydrogen-bond donors (Lipinski definition) is 5. The molecular formula is C28H36FN9O. The molecule has 206 valence electrons. The molecule has 0 unspecified atom stereocenters. The summed E-state index contributed by atoms with van der Waals surface area (Å²) in [7, 11) is 0. The topological polar surface area (TPSA) is 120 Å². The number of fused-ring (bicyclic) bond motifs is 1. The second-order valence-corrected chi connectivity index (χ2v) is 10.9. The van der Waals surface area contributed by atoms with Gasteiger partial charge in [0.1, 0.15) is 11.5 Å². The standard InChI is InChI=1S/C28H36FN9O/c1-17(33-22-11-13-30-15-21(22)29)25-16-32-27-24(34-18-5-6-18)14-26(37-38(25)27)35-19-7-9-20(10-8-19)36-28(39)23-4-2-3-12-31-23/h11,13-16,18-20,23,31,34H,1-10,12H2,(H,30,33)(H,35,37)(H,36,39)/t19?,20?,23-/m1/s1. The fourth-order valence-corrected chi connectivity index (χ4v) is 5.47. The van der Waals surface area contributed by atoms with Gasteiger partial charge in [0, 0.05) is 30.4 Å². The molecule has 0 radical (unpaired) electrons. The second kappa shape index (κ2) is 11.2. The van der Waals surface area contributed by atoms with Crippen LogP contribution in [-0.2, 0) is 4.79 Å². The van der Waals surface area contributed by atoms with Crippen LogP contribution in [0.3, 0.4) is 0 Å². The summed E-state index contributed by atoms with van der Waals surface area (Å²) in [6.45, 7) is 5.04. The first-order valence-electron chi connectivity index (χ1n) is 14.0. The molecule has 6 rings (SSSR count). The van der Waals surface area contributed by atoms with E-state index in [1.807, 2.05) is 6.07 Å². The van der Waals surface area contributed by atoms with Crippen molar-refractivity contribution >= 4 is 34.4 Å². The molecule has 39 heavy (non-hydrogen) atoms. The molecule has 1 saturated heterocycles. The highest BCUT2D eigenvalue weighted by molar-refractivity contribution is 5.82. The maximum Gasteiger partial charge on any atom is 0.237 e. The van der Waals surface area contributed by atoms with Crippen LogP contribution in [-0.4, -0.2) is 56.2 Å². The van der Waals surface area contributed by atoms with Gasteiger partial charge in [-0.05, 0) is 64.0 Å². The number of pyridine rings is 1. The maximum atomic E-state index is 14.2. The van der Waals surface area contributed by atoms with Crippen molar-refractivity contribution in [2.75, 3.05) is 22.5 Å². The molecule has 2 aliphatic carbocycles. The fourth-order valence-electron chi connectivity index (χ4n) is 5.47. The largest absolute Gasteiger partial charge is 0.379 e. The first-order chi connectivity index (χ1) is 19.0. The Morgan fingerprint density at radius 3 is 2.51 bits per heavy atom. The van der Waals surface area contributed by atoms with Crippen molar-refractivity contribution in [2.45, 2.75) is 82.0 Å². The summed E-state index contributed by atoms with van der Waals surface area (Å²) in [6, 6.07) is 4.44. The van der Waals surface area contributed by atoms with E-state index in [0.717, 1.165) is 82.0 Å². The monoisotopic (exact) mass is 533 g/mol. The predicted molar refractivity (Wildman–Crippen MR) is 150 cm³/mol. The average molecular weight is 534 g/mol. The van der Waals surface area contributed by atoms with Crippen LogP contribution in [0.2, 0.25) is 0 Å². The first-order valence-corrected chi connectivity index (χ1v) is 14.0. The van der Waals surface area contributed by atoms with Crippen molar-refractivity contribution in [3.63, 3.8) is 0 Å². The van der Waals surface area contributed by atoms with Crippen LogP contribution in [0.15, 0.2) is 37.3 Å². The highest BCUT2D eigenvalue weighted by atomic mass is 19.1. The highest BCUT2D eigenvalue weighted by Crippen LogP contribution is 2.31. The summed E-state index contributed by atoms with van der Waals surface area (Å²) in [5.74, 6) is 0.425. The van der Waals surface area contributed by atoms with E-state index < -0.39 is 5.82 Å². The number of rotatable bonds is 9. The highest BCUT2D eigenvalue weighted by Gasteiger charge is 2.28. The van der Waals surface area contributed by atoms with E-state index in [4.69, 9.17) is 5.10 Å². The SMILES string of the molecule is C=C(Nc1ccncc1F)c1cnc2c(NC3CC3)cc(NC3CCC(NC(=O)[C@H]4CCCCN4)CC3)nn12. The van der Waals surface area contributed by atoms with Gasteiger partial charge in [-0.25, -0.2) is 13.9 Å². The number of halogens is 1. The number of imidazole rings is 1. The summed E-state index contributed by atoms with van der Waals surface area (Å²) in [6.07, 6.45) is 13.6. The number of hydrogen-bond acceptors (Lipinski definition) is 8. The van der Waals surface area contributed by atoms with Gasteiger partial charge in [0.2, 0.25) is 5.91 Å². The molecule has 2 saturated carbocycles. The van der Waals surface area contributed by atoms with E-state index in [1.54, 1.807) is 16.8 Å². The van der Waals surface area contributed by atoms with E-state index in [0.29, 0.717) is 28.8 Å². The van der Waals surface area contributed by atoms with Crippen LogP contribution in [0.5, 0.6) is 0 Å². The van der Waals surface area contributed by atoms with Gasteiger partial charge in [-0.1, -0.05) is 13.0 Å². The molecule has 3 aromatic heterocycles. The van der Waals surface area contributed by atoms with Crippen LogP contribution < -0.4 is 26.6 Å². The molecule has 1 aliphatic heterocycles. The Kier molecular flexibility index (Phi) is 7.32. The number of piperidine rings is 1. The molecule has 0 aromatic carbocycles. The van der Waals surface area contributed by atoms with E-state index in [2.05, 4.69) is 43.1 Å². The molecule has 3 aliphatic rings. The third kappa shape index (κ3) is 5.98. The minimum atomic E-state index is -0.458. The number of aromatic nitrogens is 4. The van der Waals surface area contributed by atoms with Crippen LogP contribution in [0.1, 0.15) is 63.5 Å². The minimum absolute atomic E-state index is 0.0495. The Bertz CT molecular complexity index is 1340. The van der Waals surface area contributed by atoms with Crippen molar-refractivity contribution in [3.8, 4) is 0 Å². The summed E-state index contributed by atoms with van der Waals surface area (Å²) in [4.78, 5) is 21.0. The third-order valence-corrected chi connectivity index (χ3v) is 7.82. The summed E-state index contributed by atoms with van der Waals surface area (Å²) in [5, 5.41) is 21.7. The third-order valence-electron chi connectivity index (χ3n) is 7.82. The van der Waals surface area contributed by atoms with Crippen molar-refractivity contribution in [1.29, 1.82) is 0 Å². The van der Waals surface area contributed by atoms with Gasteiger partial charge in [0.15, 0.2) is 11.5 Å². The van der Waals surface area contributed by atoms with Crippen molar-refractivity contribution in [3.05, 3.63) is 48.8 Å². The molecule has 3 fully saturated rings. The Morgan fingerprint density at radius 2 is 1.77 bits per heavy atom. The fraction of sp³-hybridized carbons (Fsp3) is 0.500. The van der Waals surface area contributed by atoms with Crippen LogP contribution in [0.25, 0.3) is 11.3 Å². The summed E-state index contributed by atoms with van der Waals surface area (Å²) in [5.41, 5.74) is 3.02. The zero-order valence-corrected chi connectivity index (χ0v) is 22.0. The zero-order chi connectivity index (χ0) is 26.8. The maximum absolute atomic E-state index is 14.2. The Hall–Kier alpha value is -3.73. The Morgan fingerprint density at radius 1 is 1.00 bits per heavy atom. The van der Waals surface area contributed by atoms with Crippen LogP contribution in [0.4, 0.5) is 21.6 Å². The molecule has 10 nitrogen and oxygen atoms in total. The lowest BCUT2D eigenvalue weighted by Crippen LogP contribution is -2.50. The number of carbonyl (C=O) groups is 1. The first kappa shape index (κ1) is 25.5. The van der Waals surface area contributed by atoms with Crippen molar-refractivity contribution < 1.29 is 9.18 Å². The van der Waals surface area contributed by atoms with Gasteiger partial charge < -0.3 is 26.6 Å². The molecule has 11 heteroatoms. The van der Waals surface area contributed by atoms with Gasteiger partial charge >= 0.3 is 0 Å². The van der Waals surface area contributed by atoms with Gasteiger partial charge in [0.25, 0.3) is 0 Å². The van der Waals surface area contributed by atoms with Crippen molar-refractivity contribution in [1.82, 2.24) is 30.2 Å². The quantitative estimate of drug-likeness (QED) is 0.281. The molecule has 0 spiro atoms. The predicted octanol–water partition coefficient (Wildman–Crippen LogP) is 3.90. The number of anilines is 3. The zero-order valence-electron chi connectivity index (χ0n) is 22.0. The Balaban J connectivity index is 1.14. The normalized spacial score (nSPS) is 23.3. The number of nitrogens with zero attached hydrogens (tertiary/aromatic N) is 4. The molecule has 1 amide bonds. The van der Waals surface area contributed by atoms with E-state index in [-0.39, 0.29) is 24.0 Å². The smallest absolute Gasteiger partial charge is 0.237 e. The van der Waals surface area contributed by atoms with Gasteiger partial charge in [-0.3, -0.25) is 9.78 Å². The van der Waals surface area contributed by atoms with Crippen LogP contribution >= 0.6 is 0 Å². The van der Waals surface area contributed by atoms with Crippen molar-refractivity contribution in [2.24, 2.45) is 0 Å².